The van der Waals surface area contributed by atoms with Crippen molar-refractivity contribution in [2.24, 2.45) is 5.92 Å². The lowest BCUT2D eigenvalue weighted by atomic mass is 9.99. The summed E-state index contributed by atoms with van der Waals surface area (Å²) in [6, 6.07) is 3.95. The number of hydrogen-bond acceptors (Lipinski definition) is 5. The Hall–Kier alpha value is -2.98. The fourth-order valence-electron chi connectivity index (χ4n) is 3.34. The first-order valence-electron chi connectivity index (χ1n) is 8.60. The highest BCUT2D eigenvalue weighted by Crippen LogP contribution is 2.28. The number of benzene rings is 1. The number of nitrogens with one attached hydrogen (secondary N) is 2. The van der Waals surface area contributed by atoms with Crippen molar-refractivity contribution in [3.8, 4) is 11.8 Å². The predicted octanol–water partition coefficient (Wildman–Crippen LogP) is 0.0488. The standard InChI is InChI=1S/C19H17N3O4/c23-16-7-6-15(17(24)21-16)22-18(25)13-5-4-11(8-14(13)19(22)26)2-1-3-12-9-20-10-12/h4-5,8,12,15,20H,3,6-7,9-10H2,(H,21,23,24). The van der Waals surface area contributed by atoms with Crippen molar-refractivity contribution < 1.29 is 19.2 Å². The third-order valence-corrected chi connectivity index (χ3v) is 4.93. The van der Waals surface area contributed by atoms with E-state index in [1.807, 2.05) is 0 Å². The maximum absolute atomic E-state index is 12.7. The molecule has 0 aromatic heterocycles. The average Bonchev–Trinajstić information content (AvgIpc) is 2.81. The highest BCUT2D eigenvalue weighted by molar-refractivity contribution is 6.23. The second kappa shape index (κ2) is 6.39. The molecular formula is C19H17N3O4. The molecule has 1 aromatic carbocycles. The van der Waals surface area contributed by atoms with Gasteiger partial charge in [-0.1, -0.05) is 11.8 Å². The summed E-state index contributed by atoms with van der Waals surface area (Å²) in [5.74, 6) is 4.71. The Morgan fingerprint density at radius 1 is 1.08 bits per heavy atom. The fourth-order valence-corrected chi connectivity index (χ4v) is 3.34. The van der Waals surface area contributed by atoms with Crippen LogP contribution in [0.2, 0.25) is 0 Å². The molecule has 4 amide bonds. The van der Waals surface area contributed by atoms with E-state index in [4.69, 9.17) is 0 Å². The summed E-state index contributed by atoms with van der Waals surface area (Å²) in [7, 11) is 0. The van der Waals surface area contributed by atoms with E-state index in [1.54, 1.807) is 18.2 Å². The van der Waals surface area contributed by atoms with Crippen molar-refractivity contribution in [1.82, 2.24) is 15.5 Å². The minimum absolute atomic E-state index is 0.108. The molecule has 1 atom stereocenters. The minimum Gasteiger partial charge on any atom is -0.316 e. The van der Waals surface area contributed by atoms with Crippen molar-refractivity contribution in [2.75, 3.05) is 13.1 Å². The quantitative estimate of drug-likeness (QED) is 0.580. The van der Waals surface area contributed by atoms with E-state index in [9.17, 15) is 19.2 Å². The first kappa shape index (κ1) is 16.5. The molecule has 1 aromatic rings. The Bertz CT molecular complexity index is 892. The molecule has 4 rings (SSSR count). The minimum atomic E-state index is -0.944. The van der Waals surface area contributed by atoms with Crippen molar-refractivity contribution in [3.05, 3.63) is 34.9 Å². The van der Waals surface area contributed by atoms with Gasteiger partial charge in [-0.05, 0) is 30.5 Å². The van der Waals surface area contributed by atoms with Crippen molar-refractivity contribution in [2.45, 2.75) is 25.3 Å². The highest BCUT2D eigenvalue weighted by atomic mass is 16.2. The Kier molecular flexibility index (Phi) is 4.05. The van der Waals surface area contributed by atoms with Crippen LogP contribution >= 0.6 is 0 Å². The summed E-state index contributed by atoms with van der Waals surface area (Å²) < 4.78 is 0. The van der Waals surface area contributed by atoms with Gasteiger partial charge in [0.05, 0.1) is 11.1 Å². The van der Waals surface area contributed by atoms with E-state index in [-0.39, 0.29) is 29.9 Å². The number of piperidine rings is 1. The lowest BCUT2D eigenvalue weighted by Crippen LogP contribution is -2.54. The lowest BCUT2D eigenvalue weighted by Gasteiger charge is -2.27. The largest absolute Gasteiger partial charge is 0.316 e. The van der Waals surface area contributed by atoms with Gasteiger partial charge < -0.3 is 5.32 Å². The Morgan fingerprint density at radius 2 is 1.85 bits per heavy atom. The molecule has 2 fully saturated rings. The second-order valence-electron chi connectivity index (χ2n) is 6.74. The van der Waals surface area contributed by atoms with Crippen LogP contribution in [0.3, 0.4) is 0 Å². The Balaban J connectivity index is 1.56. The highest BCUT2D eigenvalue weighted by Gasteiger charge is 2.44. The molecule has 3 heterocycles. The molecule has 0 spiro atoms. The van der Waals surface area contributed by atoms with Crippen LogP contribution in [-0.2, 0) is 9.59 Å². The number of imide groups is 2. The molecule has 2 N–H and O–H groups in total. The maximum Gasteiger partial charge on any atom is 0.262 e. The van der Waals surface area contributed by atoms with Crippen LogP contribution < -0.4 is 10.6 Å². The summed E-state index contributed by atoms with van der Waals surface area (Å²) in [5.41, 5.74) is 1.20. The van der Waals surface area contributed by atoms with Gasteiger partial charge >= 0.3 is 0 Å². The Morgan fingerprint density at radius 3 is 2.54 bits per heavy atom. The van der Waals surface area contributed by atoms with Crippen LogP contribution in [0.15, 0.2) is 18.2 Å². The molecule has 26 heavy (non-hydrogen) atoms. The van der Waals surface area contributed by atoms with Crippen LogP contribution in [0.4, 0.5) is 0 Å². The number of hydrogen-bond donors (Lipinski definition) is 2. The number of carbonyl (C=O) groups excluding carboxylic acids is 4. The van der Waals surface area contributed by atoms with Crippen molar-refractivity contribution in [1.29, 1.82) is 0 Å². The summed E-state index contributed by atoms with van der Waals surface area (Å²) in [6.07, 6.45) is 1.05. The molecule has 3 aliphatic heterocycles. The summed E-state index contributed by atoms with van der Waals surface area (Å²) >= 11 is 0. The Labute approximate surface area is 150 Å². The molecular weight excluding hydrogens is 334 g/mol. The molecule has 7 nitrogen and oxygen atoms in total. The maximum atomic E-state index is 12.7. The average molecular weight is 351 g/mol. The number of rotatable bonds is 2. The van der Waals surface area contributed by atoms with Gasteiger partial charge in [0.1, 0.15) is 6.04 Å². The van der Waals surface area contributed by atoms with E-state index < -0.39 is 23.8 Å². The second-order valence-corrected chi connectivity index (χ2v) is 6.74. The number of amides is 4. The van der Waals surface area contributed by atoms with Gasteiger partial charge in [0.15, 0.2) is 0 Å². The number of carbonyl (C=O) groups is 4. The summed E-state index contributed by atoms with van der Waals surface area (Å²) in [6.45, 7) is 1.96. The molecule has 2 saturated heterocycles. The first-order chi connectivity index (χ1) is 12.5. The smallest absolute Gasteiger partial charge is 0.262 e. The van der Waals surface area contributed by atoms with E-state index >= 15 is 0 Å². The zero-order chi connectivity index (χ0) is 18.3. The molecule has 7 heteroatoms. The van der Waals surface area contributed by atoms with E-state index in [2.05, 4.69) is 22.5 Å². The summed E-state index contributed by atoms with van der Waals surface area (Å²) in [4.78, 5) is 49.6. The zero-order valence-electron chi connectivity index (χ0n) is 14.0. The third kappa shape index (κ3) is 2.78. The number of nitrogens with zero attached hydrogens (tertiary/aromatic N) is 1. The monoisotopic (exact) mass is 351 g/mol. The normalized spacial score (nSPS) is 22.5. The van der Waals surface area contributed by atoms with Crippen LogP contribution in [0.1, 0.15) is 45.5 Å². The van der Waals surface area contributed by atoms with Crippen LogP contribution in [0.25, 0.3) is 0 Å². The molecule has 1 unspecified atom stereocenters. The lowest BCUT2D eigenvalue weighted by molar-refractivity contribution is -0.136. The van der Waals surface area contributed by atoms with Gasteiger partial charge in [0, 0.05) is 31.5 Å². The molecule has 0 radical (unpaired) electrons. The molecule has 0 bridgehead atoms. The van der Waals surface area contributed by atoms with E-state index in [0.717, 1.165) is 24.4 Å². The van der Waals surface area contributed by atoms with Crippen molar-refractivity contribution >= 4 is 23.6 Å². The summed E-state index contributed by atoms with van der Waals surface area (Å²) in [5, 5.41) is 5.37. The predicted molar refractivity (Wildman–Crippen MR) is 91.0 cm³/mol. The molecule has 132 valence electrons. The van der Waals surface area contributed by atoms with Gasteiger partial charge in [0.25, 0.3) is 11.8 Å². The van der Waals surface area contributed by atoms with Crippen LogP contribution in [0, 0.1) is 17.8 Å². The SMILES string of the molecule is O=C1CCC(N2C(=O)c3ccc(C#CCC4CNC4)cc3C2=O)C(=O)N1. The first-order valence-corrected chi connectivity index (χ1v) is 8.60. The topological polar surface area (TPSA) is 95.6 Å². The van der Waals surface area contributed by atoms with E-state index in [1.165, 1.54) is 0 Å². The van der Waals surface area contributed by atoms with Crippen molar-refractivity contribution in [3.63, 3.8) is 0 Å². The number of fused-ring (bicyclic) bond motifs is 1. The van der Waals surface area contributed by atoms with Gasteiger partial charge in [-0.15, -0.1) is 0 Å². The van der Waals surface area contributed by atoms with Gasteiger partial charge in [-0.2, -0.15) is 0 Å². The molecule has 0 aliphatic carbocycles. The molecule has 3 aliphatic rings. The fraction of sp³-hybridized carbons (Fsp3) is 0.368. The van der Waals surface area contributed by atoms with Gasteiger partial charge in [0.2, 0.25) is 11.8 Å². The third-order valence-electron chi connectivity index (χ3n) is 4.93. The molecule has 0 saturated carbocycles. The van der Waals surface area contributed by atoms with Gasteiger partial charge in [-0.25, -0.2) is 0 Å². The van der Waals surface area contributed by atoms with E-state index in [0.29, 0.717) is 11.5 Å². The van der Waals surface area contributed by atoms with Gasteiger partial charge in [-0.3, -0.25) is 29.4 Å². The zero-order valence-corrected chi connectivity index (χ0v) is 14.0. The van der Waals surface area contributed by atoms with Crippen LogP contribution in [-0.4, -0.2) is 47.7 Å². The van der Waals surface area contributed by atoms with Crippen LogP contribution in [0.5, 0.6) is 0 Å².